The van der Waals surface area contributed by atoms with Crippen molar-refractivity contribution in [2.45, 2.75) is 44.6 Å². The Morgan fingerprint density at radius 1 is 1.50 bits per heavy atom. The van der Waals surface area contributed by atoms with Gasteiger partial charge in [-0.05, 0) is 44.5 Å². The van der Waals surface area contributed by atoms with Gasteiger partial charge in [0.2, 0.25) is 5.28 Å². The largest absolute Gasteiger partial charge is 0.390 e. The fourth-order valence-corrected chi connectivity index (χ4v) is 3.58. The van der Waals surface area contributed by atoms with Gasteiger partial charge in [-0.15, -0.1) is 0 Å². The molecule has 0 aliphatic carbocycles. The predicted molar refractivity (Wildman–Crippen MR) is 91.7 cm³/mol. The number of halogens is 1. The van der Waals surface area contributed by atoms with Gasteiger partial charge in [0.15, 0.2) is 0 Å². The van der Waals surface area contributed by atoms with Crippen molar-refractivity contribution in [1.29, 1.82) is 0 Å². The maximum absolute atomic E-state index is 9.72. The zero-order valence-electron chi connectivity index (χ0n) is 13.4. The van der Waals surface area contributed by atoms with Gasteiger partial charge in [0.1, 0.15) is 5.82 Å². The maximum atomic E-state index is 9.72. The molecular formula is C15H24ClN3O2S. The molecule has 5 nitrogen and oxygen atoms in total. The smallest absolute Gasteiger partial charge is 0.224 e. The first-order valence-corrected chi connectivity index (χ1v) is 9.06. The van der Waals surface area contributed by atoms with E-state index >= 15 is 0 Å². The second-order valence-electron chi connectivity index (χ2n) is 6.22. The Morgan fingerprint density at radius 3 is 2.95 bits per heavy atom. The summed E-state index contributed by atoms with van der Waals surface area (Å²) in [4.78, 5) is 10.9. The number of hydrogen-bond donors (Lipinski definition) is 1. The number of hydrogen-bond acceptors (Lipinski definition) is 6. The van der Waals surface area contributed by atoms with Crippen molar-refractivity contribution in [2.24, 2.45) is 0 Å². The van der Waals surface area contributed by atoms with Gasteiger partial charge < -0.3 is 14.7 Å². The zero-order chi connectivity index (χ0) is 16.2. The molecule has 0 amide bonds. The monoisotopic (exact) mass is 345 g/mol. The standard InChI is InChI=1S/C15H24ClN3O2S/c1-11-9-21-6-5-19(11)13-8-12(17-14(16)18-13)10-22-7-4-15(2,3)20/h8,11,20H,4-7,9-10H2,1-3H3/t11-/m0/s1. The summed E-state index contributed by atoms with van der Waals surface area (Å²) in [5, 5.41) is 10.0. The normalized spacial score (nSPS) is 19.5. The molecule has 1 saturated heterocycles. The van der Waals surface area contributed by atoms with Crippen molar-refractivity contribution in [3.05, 3.63) is 17.0 Å². The average Bonchev–Trinajstić information content (AvgIpc) is 2.42. The van der Waals surface area contributed by atoms with E-state index in [0.29, 0.717) is 13.2 Å². The van der Waals surface area contributed by atoms with Gasteiger partial charge in [-0.2, -0.15) is 11.8 Å². The molecule has 124 valence electrons. The zero-order valence-corrected chi connectivity index (χ0v) is 15.0. The van der Waals surface area contributed by atoms with Crippen LogP contribution in [-0.2, 0) is 10.5 Å². The van der Waals surface area contributed by atoms with Crippen molar-refractivity contribution in [3.63, 3.8) is 0 Å². The molecule has 22 heavy (non-hydrogen) atoms. The van der Waals surface area contributed by atoms with Gasteiger partial charge in [0.05, 0.1) is 30.6 Å². The highest BCUT2D eigenvalue weighted by molar-refractivity contribution is 7.98. The van der Waals surface area contributed by atoms with E-state index in [0.717, 1.165) is 36.0 Å². The molecule has 2 heterocycles. The molecule has 2 rings (SSSR count). The first-order valence-electron chi connectivity index (χ1n) is 7.53. The quantitative estimate of drug-likeness (QED) is 0.632. The lowest BCUT2D eigenvalue weighted by Gasteiger charge is -2.34. The molecule has 0 spiro atoms. The lowest BCUT2D eigenvalue weighted by molar-refractivity contribution is 0.0777. The molecule has 0 radical (unpaired) electrons. The Balaban J connectivity index is 1.97. The van der Waals surface area contributed by atoms with Gasteiger partial charge in [-0.25, -0.2) is 9.97 Å². The van der Waals surface area contributed by atoms with Crippen LogP contribution in [0.2, 0.25) is 5.28 Å². The second kappa shape index (κ2) is 7.81. The van der Waals surface area contributed by atoms with Gasteiger partial charge in [-0.1, -0.05) is 0 Å². The molecule has 7 heteroatoms. The number of nitrogens with zero attached hydrogens (tertiary/aromatic N) is 3. The van der Waals surface area contributed by atoms with Gasteiger partial charge in [-0.3, -0.25) is 0 Å². The molecule has 0 saturated carbocycles. The van der Waals surface area contributed by atoms with E-state index in [1.54, 1.807) is 11.8 Å². The molecule has 1 atom stereocenters. The first kappa shape index (κ1) is 17.8. The molecule has 1 aliphatic rings. The molecule has 0 bridgehead atoms. The van der Waals surface area contributed by atoms with Crippen LogP contribution in [0.5, 0.6) is 0 Å². The van der Waals surface area contributed by atoms with Crippen molar-refractivity contribution in [2.75, 3.05) is 30.4 Å². The van der Waals surface area contributed by atoms with E-state index in [-0.39, 0.29) is 11.3 Å². The fraction of sp³-hybridized carbons (Fsp3) is 0.733. The Morgan fingerprint density at radius 2 is 2.27 bits per heavy atom. The molecule has 1 N–H and O–H groups in total. The number of ether oxygens (including phenoxy) is 1. The molecule has 1 aromatic rings. The van der Waals surface area contributed by atoms with Crippen LogP contribution in [-0.4, -0.2) is 52.2 Å². The Kier molecular flexibility index (Phi) is 6.32. The average molecular weight is 346 g/mol. The Bertz CT molecular complexity index is 496. The number of anilines is 1. The van der Waals surface area contributed by atoms with Crippen LogP contribution in [0.1, 0.15) is 32.9 Å². The van der Waals surface area contributed by atoms with Crippen molar-refractivity contribution in [3.8, 4) is 0 Å². The summed E-state index contributed by atoms with van der Waals surface area (Å²) in [7, 11) is 0. The van der Waals surface area contributed by atoms with Gasteiger partial charge in [0.25, 0.3) is 0 Å². The highest BCUT2D eigenvalue weighted by Gasteiger charge is 2.21. The number of morpholine rings is 1. The van der Waals surface area contributed by atoms with E-state index in [2.05, 4.69) is 21.8 Å². The van der Waals surface area contributed by atoms with Crippen LogP contribution < -0.4 is 4.90 Å². The summed E-state index contributed by atoms with van der Waals surface area (Å²) in [5.41, 5.74) is 0.305. The van der Waals surface area contributed by atoms with E-state index in [4.69, 9.17) is 16.3 Å². The van der Waals surface area contributed by atoms with Crippen molar-refractivity contribution >= 4 is 29.2 Å². The van der Waals surface area contributed by atoms with Crippen LogP contribution in [0.4, 0.5) is 5.82 Å². The summed E-state index contributed by atoms with van der Waals surface area (Å²) < 4.78 is 5.46. The molecule has 1 aliphatic heterocycles. The first-order chi connectivity index (χ1) is 10.3. The highest BCUT2D eigenvalue weighted by atomic mass is 35.5. The topological polar surface area (TPSA) is 58.5 Å². The van der Waals surface area contributed by atoms with E-state index in [1.165, 1.54) is 0 Å². The predicted octanol–water partition coefficient (Wildman–Crippen LogP) is 2.75. The third kappa shape index (κ3) is 5.57. The summed E-state index contributed by atoms with van der Waals surface area (Å²) in [5.74, 6) is 2.52. The number of thioether (sulfide) groups is 1. The minimum absolute atomic E-state index is 0.286. The molecule has 0 aromatic carbocycles. The SMILES string of the molecule is C[C@H]1COCCN1c1cc(CSCCC(C)(C)O)nc(Cl)n1. The highest BCUT2D eigenvalue weighted by Crippen LogP contribution is 2.23. The van der Waals surface area contributed by atoms with Crippen LogP contribution >= 0.6 is 23.4 Å². The molecule has 1 aromatic heterocycles. The summed E-state index contributed by atoms with van der Waals surface area (Å²) in [6.45, 7) is 8.01. The third-order valence-electron chi connectivity index (χ3n) is 3.51. The Hall–Kier alpha value is -0.560. The summed E-state index contributed by atoms with van der Waals surface area (Å²) in [6.07, 6.45) is 0.754. The Labute approximate surface area is 141 Å². The van der Waals surface area contributed by atoms with Crippen LogP contribution in [0.15, 0.2) is 6.07 Å². The minimum Gasteiger partial charge on any atom is -0.390 e. The van der Waals surface area contributed by atoms with Crippen molar-refractivity contribution in [1.82, 2.24) is 9.97 Å². The number of rotatable bonds is 6. The van der Waals surface area contributed by atoms with Crippen molar-refractivity contribution < 1.29 is 9.84 Å². The lowest BCUT2D eigenvalue weighted by atomic mass is 10.1. The van der Waals surface area contributed by atoms with Crippen LogP contribution in [0, 0.1) is 0 Å². The fourth-order valence-electron chi connectivity index (χ4n) is 2.24. The van der Waals surface area contributed by atoms with Crippen LogP contribution in [0.25, 0.3) is 0 Å². The minimum atomic E-state index is -0.620. The van der Waals surface area contributed by atoms with Crippen LogP contribution in [0.3, 0.4) is 0 Å². The summed E-state index contributed by atoms with van der Waals surface area (Å²) in [6, 6.07) is 2.29. The maximum Gasteiger partial charge on any atom is 0.224 e. The van der Waals surface area contributed by atoms with E-state index in [1.807, 2.05) is 19.9 Å². The number of aromatic nitrogens is 2. The lowest BCUT2D eigenvalue weighted by Crippen LogP contribution is -2.44. The number of aliphatic hydroxyl groups is 1. The van der Waals surface area contributed by atoms with E-state index < -0.39 is 5.60 Å². The molecule has 0 unspecified atom stereocenters. The summed E-state index contributed by atoms with van der Waals surface area (Å²) >= 11 is 7.82. The van der Waals surface area contributed by atoms with Gasteiger partial charge in [0, 0.05) is 18.4 Å². The second-order valence-corrected chi connectivity index (χ2v) is 7.66. The molecular weight excluding hydrogens is 322 g/mol. The molecule has 1 fully saturated rings. The van der Waals surface area contributed by atoms with Gasteiger partial charge >= 0.3 is 0 Å². The van der Waals surface area contributed by atoms with E-state index in [9.17, 15) is 5.11 Å². The third-order valence-corrected chi connectivity index (χ3v) is 4.67.